The number of amidine groups is 1. The van der Waals surface area contributed by atoms with Crippen molar-refractivity contribution >= 4 is 6.02 Å². The zero-order chi connectivity index (χ0) is 25.7. The maximum Gasteiger partial charge on any atom is 0.403 e. The Morgan fingerprint density at radius 3 is 2.17 bits per heavy atom. The number of alkyl halides is 6. The van der Waals surface area contributed by atoms with Crippen LogP contribution in [0.15, 0.2) is 60.1 Å². The molecule has 0 aliphatic carbocycles. The second-order valence-electron chi connectivity index (χ2n) is 8.14. The molecule has 36 heavy (non-hydrogen) atoms. The van der Waals surface area contributed by atoms with E-state index in [0.29, 0.717) is 28.0 Å². The molecule has 2 N–H and O–H groups in total. The quantitative estimate of drug-likeness (QED) is 0.499. The van der Waals surface area contributed by atoms with Crippen LogP contribution in [0.3, 0.4) is 0 Å². The summed E-state index contributed by atoms with van der Waals surface area (Å²) in [4.78, 5) is 12.5. The van der Waals surface area contributed by atoms with Gasteiger partial charge in [-0.05, 0) is 35.9 Å². The zero-order valence-corrected chi connectivity index (χ0v) is 18.1. The molecule has 1 atom stereocenters. The fourth-order valence-corrected chi connectivity index (χ4v) is 4.11. The average molecular weight is 510 g/mol. The number of benzene rings is 2. The number of fused-ring (bicyclic) bond motifs is 4. The summed E-state index contributed by atoms with van der Waals surface area (Å²) in [5.41, 5.74) is 6.79. The van der Waals surface area contributed by atoms with E-state index in [2.05, 4.69) is 15.0 Å². The fourth-order valence-electron chi connectivity index (χ4n) is 4.11. The van der Waals surface area contributed by atoms with Crippen molar-refractivity contribution < 1.29 is 40.6 Å². The van der Waals surface area contributed by atoms with E-state index in [9.17, 15) is 26.3 Å². The zero-order valence-electron chi connectivity index (χ0n) is 18.1. The second kappa shape index (κ2) is 8.28. The molecule has 0 bridgehead atoms. The van der Waals surface area contributed by atoms with Crippen LogP contribution in [0.5, 0.6) is 17.2 Å². The molecule has 2 aliphatic heterocycles. The minimum absolute atomic E-state index is 0.0753. The predicted octanol–water partition coefficient (Wildman–Crippen LogP) is 4.96. The lowest BCUT2D eigenvalue weighted by atomic mass is 9.80. The van der Waals surface area contributed by atoms with Crippen LogP contribution in [-0.2, 0) is 10.3 Å². The minimum atomic E-state index is -5.52. The number of aromatic nitrogens is 2. The molecule has 0 saturated heterocycles. The Hall–Kier alpha value is -4.03. The van der Waals surface area contributed by atoms with E-state index >= 15 is 0 Å². The first-order chi connectivity index (χ1) is 17.0. The molecule has 1 spiro atoms. The van der Waals surface area contributed by atoms with E-state index in [1.807, 2.05) is 0 Å². The summed E-state index contributed by atoms with van der Waals surface area (Å²) in [6.07, 6.45) is -6.46. The van der Waals surface area contributed by atoms with Crippen molar-refractivity contribution in [3.05, 3.63) is 66.2 Å². The number of hydrogen-bond acceptors (Lipinski definition) is 7. The SMILES string of the molecule is NC1=N[C@]2(CO1)c1cc(OCC(C(F)(F)F)C(F)(F)F)ccc1Oc1ccc(-c3cncnc3)cc12. The lowest BCUT2D eigenvalue weighted by Gasteiger charge is -2.34. The molecule has 3 heterocycles. The van der Waals surface area contributed by atoms with Crippen molar-refractivity contribution in [3.63, 3.8) is 0 Å². The standard InChI is InChI=1S/C23H16F6N4O3/c24-22(25,26)19(23(27,28)29)9-34-14-2-4-18-16(6-14)21(10-35-20(30)33-21)15-5-12(1-3-17(15)36-18)13-7-31-11-32-8-13/h1-8,11,19H,9-10H2,(H2,30,33)/t21-/m0/s1. The Morgan fingerprint density at radius 2 is 1.56 bits per heavy atom. The number of nitrogens with zero attached hydrogens (tertiary/aromatic N) is 3. The van der Waals surface area contributed by atoms with Crippen LogP contribution < -0.4 is 15.2 Å². The summed E-state index contributed by atoms with van der Waals surface area (Å²) >= 11 is 0. The van der Waals surface area contributed by atoms with Gasteiger partial charge in [-0.3, -0.25) is 0 Å². The van der Waals surface area contributed by atoms with E-state index in [4.69, 9.17) is 19.9 Å². The molecule has 0 amide bonds. The first kappa shape index (κ1) is 23.7. The van der Waals surface area contributed by atoms with Gasteiger partial charge in [0.25, 0.3) is 6.02 Å². The first-order valence-corrected chi connectivity index (χ1v) is 10.4. The van der Waals surface area contributed by atoms with Gasteiger partial charge in [-0.1, -0.05) is 6.07 Å². The summed E-state index contributed by atoms with van der Waals surface area (Å²) in [5, 5.41) is 0. The highest BCUT2D eigenvalue weighted by molar-refractivity contribution is 5.78. The molecule has 0 saturated carbocycles. The van der Waals surface area contributed by atoms with Crippen LogP contribution in [0.2, 0.25) is 0 Å². The van der Waals surface area contributed by atoms with Gasteiger partial charge in [0.1, 0.15) is 36.8 Å². The van der Waals surface area contributed by atoms with E-state index in [1.54, 1.807) is 30.6 Å². The molecule has 7 nitrogen and oxygen atoms in total. The predicted molar refractivity (Wildman–Crippen MR) is 113 cm³/mol. The first-order valence-electron chi connectivity index (χ1n) is 10.4. The van der Waals surface area contributed by atoms with Crippen molar-refractivity contribution in [1.29, 1.82) is 0 Å². The highest BCUT2D eigenvalue weighted by atomic mass is 19.4. The lowest BCUT2D eigenvalue weighted by Crippen LogP contribution is -2.40. The molecule has 0 fully saturated rings. The maximum atomic E-state index is 12.9. The normalized spacial score (nSPS) is 18.8. The van der Waals surface area contributed by atoms with Crippen LogP contribution in [0.25, 0.3) is 11.1 Å². The van der Waals surface area contributed by atoms with Crippen molar-refractivity contribution in [1.82, 2.24) is 9.97 Å². The summed E-state index contributed by atoms with van der Waals surface area (Å²) in [6.45, 7) is -1.72. The molecule has 5 rings (SSSR count). The maximum absolute atomic E-state index is 12.9. The molecular formula is C23H16F6N4O3. The Kier molecular flexibility index (Phi) is 5.45. The summed E-state index contributed by atoms with van der Waals surface area (Å²) in [7, 11) is 0. The third kappa shape index (κ3) is 4.14. The average Bonchev–Trinajstić information content (AvgIpc) is 3.20. The third-order valence-electron chi connectivity index (χ3n) is 5.87. The van der Waals surface area contributed by atoms with Gasteiger partial charge in [0.15, 0.2) is 11.5 Å². The highest BCUT2D eigenvalue weighted by Gasteiger charge is 2.57. The van der Waals surface area contributed by atoms with Gasteiger partial charge in [0.2, 0.25) is 0 Å². The molecule has 0 unspecified atom stereocenters. The number of ether oxygens (including phenoxy) is 3. The lowest BCUT2D eigenvalue weighted by molar-refractivity contribution is -0.289. The summed E-state index contributed by atoms with van der Waals surface area (Å²) < 4.78 is 94.0. The third-order valence-corrected chi connectivity index (χ3v) is 5.87. The number of rotatable bonds is 4. The van der Waals surface area contributed by atoms with Gasteiger partial charge in [0.05, 0.1) is 0 Å². The number of hydrogen-bond donors (Lipinski definition) is 1. The largest absolute Gasteiger partial charge is 0.493 e. The van der Waals surface area contributed by atoms with Crippen LogP contribution in [-0.4, -0.2) is 41.6 Å². The van der Waals surface area contributed by atoms with E-state index in [1.165, 1.54) is 24.5 Å². The van der Waals surface area contributed by atoms with Gasteiger partial charge >= 0.3 is 12.4 Å². The van der Waals surface area contributed by atoms with E-state index in [0.717, 1.165) is 0 Å². The molecule has 2 aromatic carbocycles. The van der Waals surface area contributed by atoms with Gasteiger partial charge in [0, 0.05) is 29.1 Å². The van der Waals surface area contributed by atoms with Gasteiger partial charge in [-0.2, -0.15) is 26.3 Å². The molecule has 0 radical (unpaired) electrons. The molecular weight excluding hydrogens is 494 g/mol. The van der Waals surface area contributed by atoms with Gasteiger partial charge in [-0.25, -0.2) is 15.0 Å². The highest BCUT2D eigenvalue weighted by Crippen LogP contribution is 2.52. The Bertz CT molecular complexity index is 1320. The van der Waals surface area contributed by atoms with Crippen LogP contribution in [0, 0.1) is 5.92 Å². The Balaban J connectivity index is 1.55. The summed E-state index contributed by atoms with van der Waals surface area (Å²) in [6, 6.07) is 9.00. The van der Waals surface area contributed by atoms with Crippen molar-refractivity contribution in [2.45, 2.75) is 17.9 Å². The smallest absolute Gasteiger partial charge is 0.403 e. The van der Waals surface area contributed by atoms with Crippen LogP contribution in [0.4, 0.5) is 26.3 Å². The van der Waals surface area contributed by atoms with Gasteiger partial charge < -0.3 is 19.9 Å². The second-order valence-corrected chi connectivity index (χ2v) is 8.14. The molecule has 13 heteroatoms. The van der Waals surface area contributed by atoms with E-state index in [-0.39, 0.29) is 24.1 Å². The van der Waals surface area contributed by atoms with Crippen LogP contribution in [0.1, 0.15) is 11.1 Å². The number of aliphatic imine (C=N–C) groups is 1. The molecule has 2 aliphatic rings. The topological polar surface area (TPSA) is 91.9 Å². The molecule has 3 aromatic rings. The number of nitrogens with two attached hydrogens (primary N) is 1. The minimum Gasteiger partial charge on any atom is -0.493 e. The Morgan fingerprint density at radius 1 is 0.917 bits per heavy atom. The molecule has 188 valence electrons. The van der Waals surface area contributed by atoms with Crippen molar-refractivity contribution in [3.8, 4) is 28.4 Å². The monoisotopic (exact) mass is 510 g/mol. The van der Waals surface area contributed by atoms with Crippen LogP contribution >= 0.6 is 0 Å². The van der Waals surface area contributed by atoms with Crippen molar-refractivity contribution in [2.75, 3.05) is 13.2 Å². The fraction of sp³-hybridized carbons (Fsp3) is 0.261. The van der Waals surface area contributed by atoms with Gasteiger partial charge in [-0.15, -0.1) is 0 Å². The number of halogens is 6. The van der Waals surface area contributed by atoms with E-state index < -0.39 is 30.4 Å². The molecule has 1 aromatic heterocycles. The summed E-state index contributed by atoms with van der Waals surface area (Å²) in [5.74, 6) is -3.18. The Labute approximate surface area is 199 Å². The van der Waals surface area contributed by atoms with Crippen molar-refractivity contribution in [2.24, 2.45) is 16.6 Å².